The molecule has 2 aromatic rings. The molecule has 1 heterocycles. The van der Waals surface area contributed by atoms with Gasteiger partial charge in [-0.15, -0.1) is 0 Å². The Morgan fingerprint density at radius 1 is 1.07 bits per heavy atom. The van der Waals surface area contributed by atoms with Crippen molar-refractivity contribution in [3.63, 3.8) is 0 Å². The standard InChI is InChI=1S/C22H28Cl2N2O2/c1-3-26-10-4-5-18(26)14-25-13-16-7-9-21(22(12-16)27-2)28-15-17-6-8-19(23)20(24)11-17/h6-9,11-12,18,25H,3-5,10,13-15H2,1-2H3/t18-/m0/s1. The van der Waals surface area contributed by atoms with Gasteiger partial charge in [0.15, 0.2) is 11.5 Å². The van der Waals surface area contributed by atoms with E-state index in [1.807, 2.05) is 24.3 Å². The van der Waals surface area contributed by atoms with Gasteiger partial charge < -0.3 is 14.8 Å². The highest BCUT2D eigenvalue weighted by Crippen LogP contribution is 2.30. The van der Waals surface area contributed by atoms with E-state index >= 15 is 0 Å². The molecule has 1 fully saturated rings. The van der Waals surface area contributed by atoms with Crippen molar-refractivity contribution >= 4 is 23.2 Å². The van der Waals surface area contributed by atoms with Crippen LogP contribution in [0, 0.1) is 0 Å². The third-order valence-corrected chi connectivity index (χ3v) is 5.96. The van der Waals surface area contributed by atoms with Gasteiger partial charge in [0.2, 0.25) is 0 Å². The van der Waals surface area contributed by atoms with Gasteiger partial charge >= 0.3 is 0 Å². The maximum absolute atomic E-state index is 6.07. The van der Waals surface area contributed by atoms with E-state index in [0.717, 1.165) is 30.9 Å². The summed E-state index contributed by atoms with van der Waals surface area (Å²) < 4.78 is 11.4. The maximum Gasteiger partial charge on any atom is 0.161 e. The lowest BCUT2D eigenvalue weighted by atomic mass is 10.1. The summed E-state index contributed by atoms with van der Waals surface area (Å²) in [5, 5.41) is 4.65. The molecule has 2 aromatic carbocycles. The molecule has 28 heavy (non-hydrogen) atoms. The van der Waals surface area contributed by atoms with Crippen molar-refractivity contribution in [1.29, 1.82) is 0 Å². The predicted molar refractivity (Wildman–Crippen MR) is 116 cm³/mol. The molecule has 152 valence electrons. The van der Waals surface area contributed by atoms with E-state index in [9.17, 15) is 0 Å². The van der Waals surface area contributed by atoms with Gasteiger partial charge in [-0.2, -0.15) is 0 Å². The first-order valence-electron chi connectivity index (χ1n) is 9.79. The van der Waals surface area contributed by atoms with Crippen LogP contribution >= 0.6 is 23.2 Å². The van der Waals surface area contributed by atoms with Gasteiger partial charge in [0.1, 0.15) is 6.61 Å². The van der Waals surface area contributed by atoms with Crippen LogP contribution in [0.3, 0.4) is 0 Å². The summed E-state index contributed by atoms with van der Waals surface area (Å²) in [7, 11) is 1.66. The fraction of sp³-hybridized carbons (Fsp3) is 0.455. The molecule has 0 aromatic heterocycles. The number of nitrogens with zero attached hydrogens (tertiary/aromatic N) is 1. The highest BCUT2D eigenvalue weighted by molar-refractivity contribution is 6.42. The lowest BCUT2D eigenvalue weighted by Gasteiger charge is -2.23. The fourth-order valence-corrected chi connectivity index (χ4v) is 3.98. The largest absolute Gasteiger partial charge is 0.493 e. The number of methoxy groups -OCH3 is 1. The molecule has 1 atom stereocenters. The molecule has 0 spiro atoms. The Bertz CT molecular complexity index is 785. The number of halogens is 2. The Morgan fingerprint density at radius 3 is 2.64 bits per heavy atom. The molecule has 1 aliphatic rings. The number of nitrogens with one attached hydrogen (secondary N) is 1. The Kier molecular flexibility index (Phi) is 7.86. The molecule has 4 nitrogen and oxygen atoms in total. The van der Waals surface area contributed by atoms with Crippen molar-refractivity contribution in [2.75, 3.05) is 26.7 Å². The van der Waals surface area contributed by atoms with Crippen molar-refractivity contribution in [2.45, 2.75) is 39.0 Å². The van der Waals surface area contributed by atoms with Crippen LogP contribution in [0.15, 0.2) is 36.4 Å². The number of rotatable bonds is 9. The third-order valence-electron chi connectivity index (χ3n) is 5.22. The van der Waals surface area contributed by atoms with Gasteiger partial charge in [-0.05, 0) is 61.3 Å². The zero-order valence-electron chi connectivity index (χ0n) is 16.5. The van der Waals surface area contributed by atoms with Crippen molar-refractivity contribution < 1.29 is 9.47 Å². The monoisotopic (exact) mass is 422 g/mol. The minimum Gasteiger partial charge on any atom is -0.493 e. The Hall–Kier alpha value is -1.46. The molecule has 0 bridgehead atoms. The number of likely N-dealkylation sites (tertiary alicyclic amines) is 1. The van der Waals surface area contributed by atoms with Crippen LogP contribution in [-0.4, -0.2) is 37.7 Å². The second kappa shape index (κ2) is 10.4. The van der Waals surface area contributed by atoms with Crippen LogP contribution in [0.25, 0.3) is 0 Å². The quantitative estimate of drug-likeness (QED) is 0.605. The second-order valence-electron chi connectivity index (χ2n) is 7.08. The van der Waals surface area contributed by atoms with Gasteiger partial charge in [0.05, 0.1) is 17.2 Å². The highest BCUT2D eigenvalue weighted by Gasteiger charge is 2.22. The molecule has 0 amide bonds. The van der Waals surface area contributed by atoms with E-state index in [-0.39, 0.29) is 0 Å². The minimum absolute atomic E-state index is 0.402. The summed E-state index contributed by atoms with van der Waals surface area (Å²) in [4.78, 5) is 2.55. The smallest absolute Gasteiger partial charge is 0.161 e. The molecule has 6 heteroatoms. The lowest BCUT2D eigenvalue weighted by molar-refractivity contribution is 0.260. The summed E-state index contributed by atoms with van der Waals surface area (Å²) in [5.41, 5.74) is 2.14. The van der Waals surface area contributed by atoms with E-state index in [2.05, 4.69) is 23.2 Å². The molecule has 0 unspecified atom stereocenters. The lowest BCUT2D eigenvalue weighted by Crippen LogP contribution is -2.37. The number of benzene rings is 2. The molecular formula is C22H28Cl2N2O2. The summed E-state index contributed by atoms with van der Waals surface area (Å²) in [6.45, 7) is 6.83. The van der Waals surface area contributed by atoms with E-state index < -0.39 is 0 Å². The summed E-state index contributed by atoms with van der Waals surface area (Å²) in [5.74, 6) is 1.45. The van der Waals surface area contributed by atoms with Crippen molar-refractivity contribution in [1.82, 2.24) is 10.2 Å². The van der Waals surface area contributed by atoms with Gasteiger partial charge in [-0.1, -0.05) is 42.3 Å². The molecule has 3 rings (SSSR count). The Balaban J connectivity index is 1.55. The van der Waals surface area contributed by atoms with E-state index in [0.29, 0.717) is 28.4 Å². The minimum atomic E-state index is 0.402. The van der Waals surface area contributed by atoms with Gasteiger partial charge in [0, 0.05) is 19.1 Å². The average molecular weight is 423 g/mol. The molecule has 1 aliphatic heterocycles. The number of ether oxygens (including phenoxy) is 2. The van der Waals surface area contributed by atoms with Gasteiger partial charge in [0.25, 0.3) is 0 Å². The first-order chi connectivity index (χ1) is 13.6. The highest BCUT2D eigenvalue weighted by atomic mass is 35.5. The third kappa shape index (κ3) is 5.54. The second-order valence-corrected chi connectivity index (χ2v) is 7.89. The summed E-state index contributed by atoms with van der Waals surface area (Å²) in [6, 6.07) is 12.2. The summed E-state index contributed by atoms with van der Waals surface area (Å²) in [6.07, 6.45) is 2.59. The number of hydrogen-bond donors (Lipinski definition) is 1. The van der Waals surface area contributed by atoms with Crippen LogP contribution in [0.1, 0.15) is 30.9 Å². The van der Waals surface area contributed by atoms with Crippen molar-refractivity contribution in [2.24, 2.45) is 0 Å². The molecule has 0 aliphatic carbocycles. The molecule has 0 saturated carbocycles. The Labute approximate surface area is 177 Å². The summed E-state index contributed by atoms with van der Waals surface area (Å²) >= 11 is 12.0. The van der Waals surface area contributed by atoms with Crippen molar-refractivity contribution in [3.8, 4) is 11.5 Å². The van der Waals surface area contributed by atoms with Gasteiger partial charge in [-0.25, -0.2) is 0 Å². The normalized spacial score (nSPS) is 17.1. The first-order valence-corrected chi connectivity index (χ1v) is 10.5. The van der Waals surface area contributed by atoms with Crippen LogP contribution in [0.4, 0.5) is 0 Å². The average Bonchev–Trinajstić information content (AvgIpc) is 3.16. The SMILES string of the molecule is CCN1CCC[C@H]1CNCc1ccc(OCc2ccc(Cl)c(Cl)c2)c(OC)c1. The fourth-order valence-electron chi connectivity index (χ4n) is 3.66. The van der Waals surface area contributed by atoms with Crippen LogP contribution in [0.2, 0.25) is 10.0 Å². The molecule has 1 saturated heterocycles. The van der Waals surface area contributed by atoms with E-state index in [1.165, 1.54) is 24.9 Å². The van der Waals surface area contributed by atoms with Crippen LogP contribution in [-0.2, 0) is 13.2 Å². The number of hydrogen-bond acceptors (Lipinski definition) is 4. The van der Waals surface area contributed by atoms with E-state index in [1.54, 1.807) is 13.2 Å². The van der Waals surface area contributed by atoms with Crippen LogP contribution < -0.4 is 14.8 Å². The Morgan fingerprint density at radius 2 is 1.89 bits per heavy atom. The van der Waals surface area contributed by atoms with Crippen molar-refractivity contribution in [3.05, 3.63) is 57.6 Å². The first kappa shape index (κ1) is 21.3. The maximum atomic E-state index is 6.07. The predicted octanol–water partition coefficient (Wildman–Crippen LogP) is 5.15. The zero-order chi connectivity index (χ0) is 19.9. The molecule has 1 N–H and O–H groups in total. The molecule has 0 radical (unpaired) electrons. The van der Waals surface area contributed by atoms with E-state index in [4.69, 9.17) is 32.7 Å². The number of likely N-dealkylation sites (N-methyl/N-ethyl adjacent to an activating group) is 1. The van der Waals surface area contributed by atoms with Gasteiger partial charge in [-0.3, -0.25) is 4.90 Å². The molecular weight excluding hydrogens is 395 g/mol. The zero-order valence-corrected chi connectivity index (χ0v) is 18.0. The van der Waals surface area contributed by atoms with Crippen LogP contribution in [0.5, 0.6) is 11.5 Å². The topological polar surface area (TPSA) is 33.7 Å².